The summed E-state index contributed by atoms with van der Waals surface area (Å²) in [6.07, 6.45) is 1.61. The van der Waals surface area contributed by atoms with Crippen LogP contribution in [0.25, 0.3) is 0 Å². The van der Waals surface area contributed by atoms with Crippen LogP contribution in [0.1, 0.15) is 29.0 Å². The molecule has 0 radical (unpaired) electrons. The van der Waals surface area contributed by atoms with E-state index < -0.39 is 28.8 Å². The number of aromatic amines is 1. The first kappa shape index (κ1) is 17.3. The largest absolute Gasteiger partial charge is 0.373 e. The number of halogens is 2. The molecule has 0 aliphatic carbocycles. The number of amides is 1. The lowest BCUT2D eigenvalue weighted by Gasteiger charge is -2.29. The second-order valence-electron chi connectivity index (χ2n) is 6.13. The van der Waals surface area contributed by atoms with Crippen molar-refractivity contribution in [1.82, 2.24) is 20.1 Å². The van der Waals surface area contributed by atoms with E-state index in [0.717, 1.165) is 17.2 Å². The van der Waals surface area contributed by atoms with E-state index in [1.165, 1.54) is 19.2 Å². The molecule has 134 valence electrons. The molecule has 1 saturated heterocycles. The van der Waals surface area contributed by atoms with Gasteiger partial charge in [-0.05, 0) is 24.5 Å². The van der Waals surface area contributed by atoms with Gasteiger partial charge in [0.1, 0.15) is 11.6 Å². The summed E-state index contributed by atoms with van der Waals surface area (Å²) in [7, 11) is 1.43. The molecule has 1 aliphatic rings. The Morgan fingerprint density at radius 2 is 2.28 bits per heavy atom. The zero-order chi connectivity index (χ0) is 18.0. The lowest BCUT2D eigenvalue weighted by atomic mass is 9.91. The van der Waals surface area contributed by atoms with Gasteiger partial charge in [-0.25, -0.2) is 18.3 Å². The third-order valence-corrected chi connectivity index (χ3v) is 4.27. The average molecular weight is 352 g/mol. The molecule has 25 heavy (non-hydrogen) atoms. The number of nitrogens with one attached hydrogen (secondary N) is 2. The highest BCUT2D eigenvalue weighted by Crippen LogP contribution is 2.30. The van der Waals surface area contributed by atoms with Gasteiger partial charge in [-0.3, -0.25) is 9.78 Å². The van der Waals surface area contributed by atoms with Crippen molar-refractivity contribution in [3.05, 3.63) is 51.7 Å². The maximum absolute atomic E-state index is 13.9. The van der Waals surface area contributed by atoms with Crippen molar-refractivity contribution in [2.24, 2.45) is 7.05 Å². The number of rotatable bonds is 5. The van der Waals surface area contributed by atoms with Crippen LogP contribution < -0.4 is 11.0 Å². The van der Waals surface area contributed by atoms with Gasteiger partial charge in [-0.15, -0.1) is 5.10 Å². The van der Waals surface area contributed by atoms with Crippen molar-refractivity contribution in [2.75, 3.05) is 13.2 Å². The van der Waals surface area contributed by atoms with Gasteiger partial charge in [0.05, 0.1) is 5.60 Å². The summed E-state index contributed by atoms with van der Waals surface area (Å²) in [5.74, 6) is -1.94. The summed E-state index contributed by atoms with van der Waals surface area (Å²) >= 11 is 0. The SMILES string of the molecule is Cn1nc(C(=O)NCC2(Cc3ccc(F)cc3F)CCCO2)[nH]c1=O. The first-order chi connectivity index (χ1) is 11.9. The predicted octanol–water partition coefficient (Wildman–Crippen LogP) is 0.908. The summed E-state index contributed by atoms with van der Waals surface area (Å²) in [6, 6.07) is 3.40. The number of hydrogen-bond acceptors (Lipinski definition) is 4. The Morgan fingerprint density at radius 1 is 1.48 bits per heavy atom. The molecule has 2 aromatic rings. The minimum atomic E-state index is -0.774. The molecular formula is C16H18F2N4O3. The lowest BCUT2D eigenvalue weighted by Crippen LogP contribution is -2.44. The number of hydrogen-bond donors (Lipinski definition) is 2. The van der Waals surface area contributed by atoms with Crippen molar-refractivity contribution in [3.63, 3.8) is 0 Å². The van der Waals surface area contributed by atoms with Crippen LogP contribution in [0.5, 0.6) is 0 Å². The average Bonchev–Trinajstić information content (AvgIpc) is 3.16. The molecule has 1 aliphatic heterocycles. The van der Waals surface area contributed by atoms with Crippen LogP contribution in [0, 0.1) is 11.6 Å². The molecule has 1 aromatic carbocycles. The molecule has 1 aromatic heterocycles. The monoisotopic (exact) mass is 352 g/mol. The van der Waals surface area contributed by atoms with Crippen molar-refractivity contribution in [1.29, 1.82) is 0 Å². The molecule has 1 unspecified atom stereocenters. The highest BCUT2D eigenvalue weighted by atomic mass is 19.1. The minimum absolute atomic E-state index is 0.103. The Hall–Kier alpha value is -2.55. The van der Waals surface area contributed by atoms with Crippen LogP contribution in [-0.4, -0.2) is 39.4 Å². The standard InChI is InChI=1S/C16H18F2N4O3/c1-22-15(24)20-13(21-22)14(23)19-9-16(5-2-6-25-16)8-10-3-4-11(17)7-12(10)18/h3-4,7H,2,5-6,8-9H2,1H3,(H,19,23)(H,20,21,24). The molecule has 2 heterocycles. The van der Waals surface area contributed by atoms with Crippen LogP contribution in [0.3, 0.4) is 0 Å². The van der Waals surface area contributed by atoms with Gasteiger partial charge < -0.3 is 10.1 Å². The molecule has 2 N–H and O–H groups in total. The van der Waals surface area contributed by atoms with Gasteiger partial charge in [-0.2, -0.15) is 0 Å². The molecule has 0 bridgehead atoms. The van der Waals surface area contributed by atoms with Gasteiger partial charge in [-0.1, -0.05) is 6.07 Å². The number of carbonyl (C=O) groups excluding carboxylic acids is 1. The fourth-order valence-corrected chi connectivity index (χ4v) is 2.94. The van der Waals surface area contributed by atoms with E-state index in [2.05, 4.69) is 15.4 Å². The first-order valence-corrected chi connectivity index (χ1v) is 7.88. The van der Waals surface area contributed by atoms with Crippen molar-refractivity contribution < 1.29 is 18.3 Å². The van der Waals surface area contributed by atoms with Gasteiger partial charge in [0.15, 0.2) is 0 Å². The number of aryl methyl sites for hydroxylation is 1. The summed E-state index contributed by atoms with van der Waals surface area (Å²) in [4.78, 5) is 25.8. The van der Waals surface area contributed by atoms with Crippen LogP contribution in [-0.2, 0) is 18.2 Å². The van der Waals surface area contributed by atoms with E-state index in [4.69, 9.17) is 4.74 Å². The topological polar surface area (TPSA) is 89.0 Å². The smallest absolute Gasteiger partial charge is 0.343 e. The predicted molar refractivity (Wildman–Crippen MR) is 84.1 cm³/mol. The van der Waals surface area contributed by atoms with Crippen LogP contribution in [0.15, 0.2) is 23.0 Å². The van der Waals surface area contributed by atoms with Crippen molar-refractivity contribution in [2.45, 2.75) is 24.9 Å². The van der Waals surface area contributed by atoms with E-state index in [0.29, 0.717) is 18.6 Å². The highest BCUT2D eigenvalue weighted by molar-refractivity contribution is 5.90. The normalized spacial score (nSPS) is 20.0. The number of carbonyl (C=O) groups is 1. The Morgan fingerprint density at radius 3 is 2.88 bits per heavy atom. The molecule has 9 heteroatoms. The summed E-state index contributed by atoms with van der Waals surface area (Å²) in [5, 5.41) is 6.45. The Bertz CT molecular complexity index is 840. The molecule has 0 spiro atoms. The van der Waals surface area contributed by atoms with E-state index in [1.807, 2.05) is 0 Å². The van der Waals surface area contributed by atoms with Gasteiger partial charge in [0.25, 0.3) is 5.91 Å². The molecule has 0 saturated carbocycles. The van der Waals surface area contributed by atoms with Gasteiger partial charge in [0.2, 0.25) is 5.82 Å². The minimum Gasteiger partial charge on any atom is -0.373 e. The van der Waals surface area contributed by atoms with Crippen LogP contribution in [0.4, 0.5) is 8.78 Å². The summed E-state index contributed by atoms with van der Waals surface area (Å²) in [5.41, 5.74) is -0.946. The van der Waals surface area contributed by atoms with E-state index in [1.54, 1.807) is 0 Å². The van der Waals surface area contributed by atoms with Crippen molar-refractivity contribution in [3.8, 4) is 0 Å². The molecule has 1 fully saturated rings. The van der Waals surface area contributed by atoms with E-state index >= 15 is 0 Å². The van der Waals surface area contributed by atoms with Gasteiger partial charge >= 0.3 is 5.69 Å². The van der Waals surface area contributed by atoms with Gasteiger partial charge in [0, 0.05) is 32.7 Å². The Kier molecular flexibility index (Phi) is 4.67. The van der Waals surface area contributed by atoms with Crippen LogP contribution in [0.2, 0.25) is 0 Å². The highest BCUT2D eigenvalue weighted by Gasteiger charge is 2.36. The molecule has 7 nitrogen and oxygen atoms in total. The zero-order valence-electron chi connectivity index (χ0n) is 13.6. The molecule has 1 amide bonds. The molecular weight excluding hydrogens is 334 g/mol. The zero-order valence-corrected chi connectivity index (χ0v) is 13.6. The van der Waals surface area contributed by atoms with Crippen LogP contribution >= 0.6 is 0 Å². The molecule has 1 atom stereocenters. The number of nitrogens with zero attached hydrogens (tertiary/aromatic N) is 2. The number of ether oxygens (including phenoxy) is 1. The lowest BCUT2D eigenvalue weighted by molar-refractivity contribution is 0.00489. The number of aromatic nitrogens is 3. The van der Waals surface area contributed by atoms with E-state index in [-0.39, 0.29) is 18.8 Å². The number of H-pyrrole nitrogens is 1. The van der Waals surface area contributed by atoms with Crippen molar-refractivity contribution >= 4 is 5.91 Å². The Balaban J connectivity index is 1.72. The quantitative estimate of drug-likeness (QED) is 0.837. The van der Waals surface area contributed by atoms with E-state index in [9.17, 15) is 18.4 Å². The third-order valence-electron chi connectivity index (χ3n) is 4.27. The maximum atomic E-state index is 13.9. The first-order valence-electron chi connectivity index (χ1n) is 7.88. The fourth-order valence-electron chi connectivity index (χ4n) is 2.94. The Labute approximate surface area is 142 Å². The number of benzene rings is 1. The second kappa shape index (κ2) is 6.75. The summed E-state index contributed by atoms with van der Waals surface area (Å²) < 4.78 is 33.8. The fraction of sp³-hybridized carbons (Fsp3) is 0.438. The molecule has 3 rings (SSSR count). The maximum Gasteiger partial charge on any atom is 0.343 e. The second-order valence-corrected chi connectivity index (χ2v) is 6.13. The summed E-state index contributed by atoms with van der Waals surface area (Å²) in [6.45, 7) is 0.625. The third kappa shape index (κ3) is 3.76.